The maximum atomic E-state index is 6.17. The van der Waals surface area contributed by atoms with Crippen LogP contribution in [0.5, 0.6) is 0 Å². The van der Waals surface area contributed by atoms with E-state index in [0.29, 0.717) is 24.3 Å². The summed E-state index contributed by atoms with van der Waals surface area (Å²) in [5.74, 6) is 0. The summed E-state index contributed by atoms with van der Waals surface area (Å²) in [6.07, 6.45) is 3.34. The van der Waals surface area contributed by atoms with Crippen LogP contribution in [0, 0.1) is 0 Å². The molecule has 0 amide bonds. The Labute approximate surface area is 124 Å². The van der Waals surface area contributed by atoms with Gasteiger partial charge in [0.05, 0.1) is 12.2 Å². The summed E-state index contributed by atoms with van der Waals surface area (Å²) >= 11 is 0. The lowest BCUT2D eigenvalue weighted by Gasteiger charge is -2.37. The Morgan fingerprint density at radius 2 is 1.65 bits per heavy atom. The first-order chi connectivity index (χ1) is 9.54. The molecule has 0 bridgehead atoms. The average Bonchev–Trinajstić information content (AvgIpc) is 2.84. The predicted molar refractivity (Wildman–Crippen MR) is 84.2 cm³/mol. The van der Waals surface area contributed by atoms with Crippen molar-refractivity contribution < 1.29 is 4.74 Å². The Kier molecular flexibility index (Phi) is 6.27. The van der Waals surface area contributed by atoms with E-state index in [1.807, 2.05) is 0 Å². The highest BCUT2D eigenvalue weighted by Crippen LogP contribution is 2.21. The van der Waals surface area contributed by atoms with Gasteiger partial charge in [-0.1, -0.05) is 13.8 Å². The molecule has 4 heteroatoms. The molecular formula is C16H33N3O. The van der Waals surface area contributed by atoms with Crippen molar-refractivity contribution in [2.24, 2.45) is 0 Å². The SMILES string of the molecule is CC(C)NCC1CCC(CN2CCN(C(C)C)CC2)O1. The van der Waals surface area contributed by atoms with Crippen molar-refractivity contribution in [1.29, 1.82) is 0 Å². The molecule has 0 aromatic rings. The quantitative estimate of drug-likeness (QED) is 0.800. The molecule has 2 atom stereocenters. The van der Waals surface area contributed by atoms with E-state index in [9.17, 15) is 0 Å². The summed E-state index contributed by atoms with van der Waals surface area (Å²) in [6.45, 7) is 15.9. The molecule has 2 aliphatic rings. The molecule has 2 heterocycles. The van der Waals surface area contributed by atoms with Crippen LogP contribution >= 0.6 is 0 Å². The van der Waals surface area contributed by atoms with E-state index in [1.165, 1.54) is 39.0 Å². The third-order valence-electron chi connectivity index (χ3n) is 4.55. The summed E-state index contributed by atoms with van der Waals surface area (Å²) in [7, 11) is 0. The van der Waals surface area contributed by atoms with E-state index in [1.54, 1.807) is 0 Å². The molecular weight excluding hydrogens is 250 g/mol. The molecule has 1 N–H and O–H groups in total. The average molecular weight is 283 g/mol. The Morgan fingerprint density at radius 1 is 1.00 bits per heavy atom. The lowest BCUT2D eigenvalue weighted by molar-refractivity contribution is 0.00939. The summed E-state index contributed by atoms with van der Waals surface area (Å²) in [5.41, 5.74) is 0. The Hall–Kier alpha value is -0.160. The van der Waals surface area contributed by atoms with Crippen LogP contribution < -0.4 is 5.32 Å². The van der Waals surface area contributed by atoms with Gasteiger partial charge < -0.3 is 10.1 Å². The summed E-state index contributed by atoms with van der Waals surface area (Å²) in [6, 6.07) is 1.24. The third kappa shape index (κ3) is 4.99. The molecule has 0 radical (unpaired) electrons. The summed E-state index contributed by atoms with van der Waals surface area (Å²) < 4.78 is 6.17. The van der Waals surface area contributed by atoms with Gasteiger partial charge in [0.1, 0.15) is 0 Å². The van der Waals surface area contributed by atoms with Gasteiger partial charge in [0.2, 0.25) is 0 Å². The second kappa shape index (κ2) is 7.74. The number of rotatable bonds is 6. The van der Waals surface area contributed by atoms with E-state index in [2.05, 4.69) is 42.8 Å². The maximum Gasteiger partial charge on any atom is 0.0707 e. The molecule has 0 aliphatic carbocycles. The van der Waals surface area contributed by atoms with Gasteiger partial charge in [-0.2, -0.15) is 0 Å². The van der Waals surface area contributed by atoms with Gasteiger partial charge in [0, 0.05) is 51.4 Å². The number of piperazine rings is 1. The first-order valence-corrected chi connectivity index (χ1v) is 8.40. The fourth-order valence-electron chi connectivity index (χ4n) is 3.18. The van der Waals surface area contributed by atoms with E-state index < -0.39 is 0 Å². The predicted octanol–water partition coefficient (Wildman–Crippen LogP) is 1.56. The molecule has 2 saturated heterocycles. The van der Waals surface area contributed by atoms with Crippen molar-refractivity contribution in [2.45, 2.75) is 64.8 Å². The minimum atomic E-state index is 0.430. The number of nitrogens with one attached hydrogen (secondary N) is 1. The van der Waals surface area contributed by atoms with Crippen LogP contribution in [-0.4, -0.2) is 73.4 Å². The maximum absolute atomic E-state index is 6.17. The molecule has 2 fully saturated rings. The number of hydrogen-bond acceptors (Lipinski definition) is 4. The largest absolute Gasteiger partial charge is 0.372 e. The molecule has 4 nitrogen and oxygen atoms in total. The van der Waals surface area contributed by atoms with Crippen LogP contribution in [0.2, 0.25) is 0 Å². The fraction of sp³-hybridized carbons (Fsp3) is 1.00. The molecule has 2 aliphatic heterocycles. The van der Waals surface area contributed by atoms with Crippen molar-refractivity contribution in [1.82, 2.24) is 15.1 Å². The van der Waals surface area contributed by atoms with Crippen LogP contribution in [-0.2, 0) is 4.74 Å². The Balaban J connectivity index is 1.63. The van der Waals surface area contributed by atoms with Crippen LogP contribution in [0.3, 0.4) is 0 Å². The zero-order chi connectivity index (χ0) is 14.5. The third-order valence-corrected chi connectivity index (χ3v) is 4.55. The van der Waals surface area contributed by atoms with Gasteiger partial charge in [0.15, 0.2) is 0 Å². The van der Waals surface area contributed by atoms with Gasteiger partial charge in [-0.3, -0.25) is 9.80 Å². The van der Waals surface area contributed by atoms with E-state index in [4.69, 9.17) is 4.74 Å². The molecule has 2 unspecified atom stereocenters. The molecule has 0 spiro atoms. The highest BCUT2D eigenvalue weighted by molar-refractivity contribution is 4.81. The molecule has 0 aromatic carbocycles. The molecule has 0 aromatic heterocycles. The second-order valence-electron chi connectivity index (χ2n) is 6.95. The Bertz CT molecular complexity index is 275. The fourth-order valence-corrected chi connectivity index (χ4v) is 3.18. The second-order valence-corrected chi connectivity index (χ2v) is 6.95. The van der Waals surface area contributed by atoms with Crippen molar-refractivity contribution in [2.75, 3.05) is 39.3 Å². The summed E-state index contributed by atoms with van der Waals surface area (Å²) in [4.78, 5) is 5.16. The standard InChI is InChI=1S/C16H33N3O/c1-13(2)17-11-15-5-6-16(20-15)12-18-7-9-19(10-8-18)14(3)4/h13-17H,5-12H2,1-4H3. The smallest absolute Gasteiger partial charge is 0.0707 e. The van der Waals surface area contributed by atoms with Crippen LogP contribution in [0.15, 0.2) is 0 Å². The zero-order valence-corrected chi connectivity index (χ0v) is 13.8. The highest BCUT2D eigenvalue weighted by atomic mass is 16.5. The van der Waals surface area contributed by atoms with Crippen LogP contribution in [0.25, 0.3) is 0 Å². The number of hydrogen-bond donors (Lipinski definition) is 1. The lowest BCUT2D eigenvalue weighted by atomic mass is 10.1. The summed E-state index contributed by atoms with van der Waals surface area (Å²) in [5, 5.41) is 3.48. The topological polar surface area (TPSA) is 27.7 Å². The van der Waals surface area contributed by atoms with E-state index in [0.717, 1.165) is 13.1 Å². The molecule has 20 heavy (non-hydrogen) atoms. The van der Waals surface area contributed by atoms with Gasteiger partial charge in [-0.25, -0.2) is 0 Å². The minimum Gasteiger partial charge on any atom is -0.372 e. The van der Waals surface area contributed by atoms with E-state index in [-0.39, 0.29) is 0 Å². The van der Waals surface area contributed by atoms with Gasteiger partial charge in [-0.05, 0) is 26.7 Å². The molecule has 118 valence electrons. The van der Waals surface area contributed by atoms with E-state index >= 15 is 0 Å². The van der Waals surface area contributed by atoms with Crippen molar-refractivity contribution in [3.8, 4) is 0 Å². The van der Waals surface area contributed by atoms with Crippen LogP contribution in [0.4, 0.5) is 0 Å². The lowest BCUT2D eigenvalue weighted by Crippen LogP contribution is -2.50. The monoisotopic (exact) mass is 283 g/mol. The highest BCUT2D eigenvalue weighted by Gasteiger charge is 2.28. The normalized spacial score (nSPS) is 29.7. The van der Waals surface area contributed by atoms with Crippen LogP contribution in [0.1, 0.15) is 40.5 Å². The molecule has 2 rings (SSSR count). The zero-order valence-electron chi connectivity index (χ0n) is 13.8. The minimum absolute atomic E-state index is 0.430. The van der Waals surface area contributed by atoms with Gasteiger partial charge in [0.25, 0.3) is 0 Å². The number of ether oxygens (including phenoxy) is 1. The Morgan fingerprint density at radius 3 is 2.25 bits per heavy atom. The van der Waals surface area contributed by atoms with Crippen molar-refractivity contribution in [3.05, 3.63) is 0 Å². The number of nitrogens with zero attached hydrogens (tertiary/aromatic N) is 2. The first-order valence-electron chi connectivity index (χ1n) is 8.40. The molecule has 0 saturated carbocycles. The van der Waals surface area contributed by atoms with Gasteiger partial charge in [-0.15, -0.1) is 0 Å². The first kappa shape index (κ1) is 16.2. The van der Waals surface area contributed by atoms with Gasteiger partial charge >= 0.3 is 0 Å². The van der Waals surface area contributed by atoms with Crippen molar-refractivity contribution >= 4 is 0 Å². The van der Waals surface area contributed by atoms with Crippen molar-refractivity contribution in [3.63, 3.8) is 0 Å².